The molecule has 30 heavy (non-hydrogen) atoms. The molecule has 0 fully saturated rings. The highest BCUT2D eigenvalue weighted by atomic mass is 35.5. The van der Waals surface area contributed by atoms with Gasteiger partial charge in [-0.15, -0.1) is 0 Å². The molecule has 0 saturated heterocycles. The van der Waals surface area contributed by atoms with E-state index in [1.54, 1.807) is 48.7 Å². The lowest BCUT2D eigenvalue weighted by molar-refractivity contribution is -0.118. The number of aromatic nitrogens is 1. The normalized spacial score (nSPS) is 10.0. The number of carbonyl (C=O) groups is 2. The molecule has 3 aromatic rings. The smallest absolute Gasteiger partial charge is 0.262 e. The molecular formula is C22H17ClN4O3. The molecule has 0 atom stereocenters. The van der Waals surface area contributed by atoms with E-state index in [-0.39, 0.29) is 29.6 Å². The van der Waals surface area contributed by atoms with Gasteiger partial charge in [0.1, 0.15) is 11.8 Å². The first kappa shape index (κ1) is 20.8. The summed E-state index contributed by atoms with van der Waals surface area (Å²) >= 11 is 6.21. The first-order valence-corrected chi connectivity index (χ1v) is 9.34. The number of pyridine rings is 1. The third kappa shape index (κ3) is 5.56. The largest absolute Gasteiger partial charge is 0.482 e. The van der Waals surface area contributed by atoms with Gasteiger partial charge < -0.3 is 15.4 Å². The molecule has 1 aromatic heterocycles. The van der Waals surface area contributed by atoms with Crippen LogP contribution in [0.15, 0.2) is 66.9 Å². The molecule has 1 heterocycles. The Morgan fingerprint density at radius 1 is 1.10 bits per heavy atom. The number of nitriles is 1. The van der Waals surface area contributed by atoms with Crippen molar-refractivity contribution >= 4 is 29.1 Å². The van der Waals surface area contributed by atoms with Crippen LogP contribution in [0.5, 0.6) is 5.75 Å². The van der Waals surface area contributed by atoms with Gasteiger partial charge in [-0.3, -0.25) is 14.6 Å². The first-order chi connectivity index (χ1) is 14.6. The van der Waals surface area contributed by atoms with Gasteiger partial charge in [0.25, 0.3) is 11.8 Å². The van der Waals surface area contributed by atoms with Gasteiger partial charge in [0.2, 0.25) is 0 Å². The van der Waals surface area contributed by atoms with Gasteiger partial charge in [0.15, 0.2) is 6.61 Å². The average Bonchev–Trinajstić information content (AvgIpc) is 2.77. The van der Waals surface area contributed by atoms with Crippen LogP contribution in [0.1, 0.15) is 21.6 Å². The molecule has 0 bridgehead atoms. The van der Waals surface area contributed by atoms with Crippen molar-refractivity contribution in [3.63, 3.8) is 0 Å². The van der Waals surface area contributed by atoms with E-state index < -0.39 is 5.91 Å². The van der Waals surface area contributed by atoms with Crippen LogP contribution in [0.4, 0.5) is 5.69 Å². The number of hydrogen-bond acceptors (Lipinski definition) is 5. The number of anilines is 1. The molecule has 8 heteroatoms. The molecule has 150 valence electrons. The number of rotatable bonds is 7. The summed E-state index contributed by atoms with van der Waals surface area (Å²) < 4.78 is 5.39. The summed E-state index contributed by atoms with van der Waals surface area (Å²) in [5, 5.41) is 14.6. The monoisotopic (exact) mass is 420 g/mol. The van der Waals surface area contributed by atoms with E-state index in [1.807, 2.05) is 12.1 Å². The Morgan fingerprint density at radius 2 is 1.90 bits per heavy atom. The Hall–Kier alpha value is -3.89. The molecule has 3 rings (SSSR count). The highest BCUT2D eigenvalue weighted by Crippen LogP contribution is 2.21. The minimum Gasteiger partial charge on any atom is -0.482 e. The van der Waals surface area contributed by atoms with Crippen LogP contribution in [0.25, 0.3) is 0 Å². The predicted octanol–water partition coefficient (Wildman–Crippen LogP) is 3.55. The van der Waals surface area contributed by atoms with Crippen LogP contribution < -0.4 is 15.4 Å². The number of para-hydroxylation sites is 1. The maximum atomic E-state index is 12.3. The second kappa shape index (κ2) is 10.0. The van der Waals surface area contributed by atoms with Crippen molar-refractivity contribution < 1.29 is 14.3 Å². The fraction of sp³-hybridized carbons (Fsp3) is 0.0909. The SMILES string of the molecule is N#Cc1ccccc1OCC(=O)Nc1ccc(C(=O)NCc2ccccn2)c(Cl)c1. The van der Waals surface area contributed by atoms with Gasteiger partial charge in [0, 0.05) is 11.9 Å². The number of amides is 2. The molecule has 0 aliphatic rings. The molecule has 0 radical (unpaired) electrons. The molecule has 0 spiro atoms. The first-order valence-electron chi connectivity index (χ1n) is 8.96. The molecule has 2 amide bonds. The van der Waals surface area contributed by atoms with E-state index in [4.69, 9.17) is 21.6 Å². The predicted molar refractivity (Wildman–Crippen MR) is 112 cm³/mol. The maximum Gasteiger partial charge on any atom is 0.262 e. The molecule has 7 nitrogen and oxygen atoms in total. The Bertz CT molecular complexity index is 1100. The Balaban J connectivity index is 1.56. The van der Waals surface area contributed by atoms with Crippen LogP contribution in [0.2, 0.25) is 5.02 Å². The van der Waals surface area contributed by atoms with E-state index in [1.165, 1.54) is 12.1 Å². The quantitative estimate of drug-likeness (QED) is 0.608. The van der Waals surface area contributed by atoms with Crippen molar-refractivity contribution in [2.45, 2.75) is 6.54 Å². The zero-order valence-electron chi connectivity index (χ0n) is 15.8. The number of ether oxygens (including phenoxy) is 1. The van der Waals surface area contributed by atoms with Crippen molar-refractivity contribution in [1.82, 2.24) is 10.3 Å². The molecule has 2 N–H and O–H groups in total. The van der Waals surface area contributed by atoms with Crippen LogP contribution in [0, 0.1) is 11.3 Å². The fourth-order valence-electron chi connectivity index (χ4n) is 2.57. The Morgan fingerprint density at radius 3 is 2.63 bits per heavy atom. The molecule has 2 aromatic carbocycles. The van der Waals surface area contributed by atoms with Gasteiger partial charge in [-0.1, -0.05) is 29.8 Å². The summed E-state index contributed by atoms with van der Waals surface area (Å²) in [5.41, 5.74) is 1.77. The Labute approximate surface area is 178 Å². The highest BCUT2D eigenvalue weighted by Gasteiger charge is 2.13. The molecule has 0 aliphatic heterocycles. The van der Waals surface area contributed by atoms with Crippen molar-refractivity contribution in [2.24, 2.45) is 0 Å². The van der Waals surface area contributed by atoms with Crippen LogP contribution in [0.3, 0.4) is 0 Å². The highest BCUT2D eigenvalue weighted by molar-refractivity contribution is 6.34. The molecule has 0 aliphatic carbocycles. The second-order valence-electron chi connectivity index (χ2n) is 6.14. The summed E-state index contributed by atoms with van der Waals surface area (Å²) in [5.74, 6) is -0.445. The van der Waals surface area contributed by atoms with E-state index >= 15 is 0 Å². The van der Waals surface area contributed by atoms with Crippen LogP contribution in [-0.2, 0) is 11.3 Å². The van der Waals surface area contributed by atoms with E-state index in [0.717, 1.165) is 5.69 Å². The van der Waals surface area contributed by atoms with Crippen LogP contribution >= 0.6 is 11.6 Å². The standard InChI is InChI=1S/C22H17ClN4O3/c23-19-11-16(27-21(28)14-30-20-7-2-1-5-15(20)12-24)8-9-18(19)22(29)26-13-17-6-3-4-10-25-17/h1-11H,13-14H2,(H,26,29)(H,27,28). The van der Waals surface area contributed by atoms with E-state index in [2.05, 4.69) is 15.6 Å². The van der Waals surface area contributed by atoms with Gasteiger partial charge in [0.05, 0.1) is 28.4 Å². The number of benzene rings is 2. The minimum atomic E-state index is -0.425. The number of carbonyl (C=O) groups excluding carboxylic acids is 2. The molecular weight excluding hydrogens is 404 g/mol. The van der Waals surface area contributed by atoms with E-state index in [9.17, 15) is 9.59 Å². The summed E-state index contributed by atoms with van der Waals surface area (Å²) in [6, 6.07) is 18.6. The second-order valence-corrected chi connectivity index (χ2v) is 6.55. The lowest BCUT2D eigenvalue weighted by atomic mass is 10.2. The van der Waals surface area contributed by atoms with Gasteiger partial charge in [-0.2, -0.15) is 5.26 Å². The van der Waals surface area contributed by atoms with Gasteiger partial charge >= 0.3 is 0 Å². The fourth-order valence-corrected chi connectivity index (χ4v) is 2.84. The minimum absolute atomic E-state index is 0.196. The number of hydrogen-bond donors (Lipinski definition) is 2. The topological polar surface area (TPSA) is 104 Å². The summed E-state index contributed by atoms with van der Waals surface area (Å²) in [7, 11) is 0. The third-order valence-corrected chi connectivity index (χ3v) is 4.33. The van der Waals surface area contributed by atoms with Crippen LogP contribution in [-0.4, -0.2) is 23.4 Å². The third-order valence-electron chi connectivity index (χ3n) is 4.02. The lowest BCUT2D eigenvalue weighted by Gasteiger charge is -2.10. The maximum absolute atomic E-state index is 12.3. The summed E-state index contributed by atoms with van der Waals surface area (Å²) in [6.07, 6.45) is 1.65. The zero-order valence-corrected chi connectivity index (χ0v) is 16.5. The average molecular weight is 421 g/mol. The summed E-state index contributed by atoms with van der Waals surface area (Å²) in [6.45, 7) is -0.00136. The zero-order chi connectivity index (χ0) is 21.3. The van der Waals surface area contributed by atoms with Crippen molar-refractivity contribution in [3.8, 4) is 11.8 Å². The van der Waals surface area contributed by atoms with Gasteiger partial charge in [-0.25, -0.2) is 0 Å². The van der Waals surface area contributed by atoms with Crippen molar-refractivity contribution in [3.05, 3.63) is 88.7 Å². The number of nitrogens with zero attached hydrogens (tertiary/aromatic N) is 2. The summed E-state index contributed by atoms with van der Waals surface area (Å²) in [4.78, 5) is 28.6. The van der Waals surface area contributed by atoms with Crippen molar-refractivity contribution in [2.75, 3.05) is 11.9 Å². The van der Waals surface area contributed by atoms with Gasteiger partial charge in [-0.05, 0) is 42.5 Å². The Kier molecular flexibility index (Phi) is 6.98. The van der Waals surface area contributed by atoms with E-state index in [0.29, 0.717) is 17.0 Å². The molecule has 0 unspecified atom stereocenters. The lowest BCUT2D eigenvalue weighted by Crippen LogP contribution is -2.24. The van der Waals surface area contributed by atoms with Crippen molar-refractivity contribution in [1.29, 1.82) is 5.26 Å². The number of nitrogens with one attached hydrogen (secondary N) is 2. The molecule has 0 saturated carbocycles. The number of halogens is 1.